The number of rotatable bonds is 3. The molecule has 0 radical (unpaired) electrons. The third-order valence-corrected chi connectivity index (χ3v) is 1.46. The summed E-state index contributed by atoms with van der Waals surface area (Å²) in [5.41, 5.74) is 4.95. The average Bonchev–Trinajstić information content (AvgIpc) is 2.48. The third-order valence-electron chi connectivity index (χ3n) is 1.46. The number of hydrogen-bond acceptors (Lipinski definition) is 4. The van der Waals surface area contributed by atoms with E-state index < -0.39 is 12.1 Å². The van der Waals surface area contributed by atoms with Crippen LogP contribution in [0.1, 0.15) is 0 Å². The Morgan fingerprint density at radius 2 is 2.62 bits per heavy atom. The summed E-state index contributed by atoms with van der Waals surface area (Å²) < 4.78 is 4.63. The van der Waals surface area contributed by atoms with Gasteiger partial charge in [-0.05, 0) is 0 Å². The highest BCUT2D eigenvalue weighted by Gasteiger charge is 2.25. The SMILES string of the molecule is C=CCOC(=O)NC1CNNC1=O. The summed E-state index contributed by atoms with van der Waals surface area (Å²) in [7, 11) is 0. The summed E-state index contributed by atoms with van der Waals surface area (Å²) in [6, 6.07) is -0.558. The Hall–Kier alpha value is -1.56. The zero-order chi connectivity index (χ0) is 9.68. The molecule has 1 heterocycles. The standard InChI is InChI=1S/C7H11N3O3/c1-2-3-13-7(12)9-5-4-8-10-6(5)11/h2,5,8H,1,3-4H2,(H,9,12)(H,10,11). The summed E-state index contributed by atoms with van der Waals surface area (Å²) in [5, 5.41) is 2.38. The lowest BCUT2D eigenvalue weighted by molar-refractivity contribution is -0.121. The summed E-state index contributed by atoms with van der Waals surface area (Å²) in [6.45, 7) is 3.88. The number of hydrogen-bond donors (Lipinski definition) is 3. The summed E-state index contributed by atoms with van der Waals surface area (Å²) in [4.78, 5) is 21.8. The van der Waals surface area contributed by atoms with Crippen LogP contribution in [-0.4, -0.2) is 31.2 Å². The molecule has 1 rings (SSSR count). The van der Waals surface area contributed by atoms with Crippen LogP contribution >= 0.6 is 0 Å². The molecule has 6 nitrogen and oxygen atoms in total. The summed E-state index contributed by atoms with van der Waals surface area (Å²) in [5.74, 6) is -0.268. The van der Waals surface area contributed by atoms with Crippen LogP contribution in [0.25, 0.3) is 0 Å². The van der Waals surface area contributed by atoms with E-state index in [9.17, 15) is 9.59 Å². The molecule has 0 saturated carbocycles. The van der Waals surface area contributed by atoms with Crippen LogP contribution in [0, 0.1) is 0 Å². The Morgan fingerprint density at radius 1 is 1.85 bits per heavy atom. The lowest BCUT2D eigenvalue weighted by Crippen LogP contribution is -2.41. The topological polar surface area (TPSA) is 79.5 Å². The van der Waals surface area contributed by atoms with Crippen LogP contribution in [-0.2, 0) is 9.53 Å². The van der Waals surface area contributed by atoms with Crippen molar-refractivity contribution in [2.75, 3.05) is 13.2 Å². The smallest absolute Gasteiger partial charge is 0.408 e. The van der Waals surface area contributed by atoms with E-state index in [2.05, 4.69) is 27.5 Å². The highest BCUT2D eigenvalue weighted by Crippen LogP contribution is 1.89. The molecule has 1 saturated heterocycles. The average molecular weight is 185 g/mol. The Morgan fingerprint density at radius 3 is 3.15 bits per heavy atom. The number of nitrogens with one attached hydrogen (secondary N) is 3. The lowest BCUT2D eigenvalue weighted by Gasteiger charge is -2.08. The van der Waals surface area contributed by atoms with Crippen molar-refractivity contribution in [1.82, 2.24) is 16.2 Å². The van der Waals surface area contributed by atoms with Crippen molar-refractivity contribution in [3.63, 3.8) is 0 Å². The van der Waals surface area contributed by atoms with E-state index in [1.807, 2.05) is 0 Å². The third kappa shape index (κ3) is 2.75. The highest BCUT2D eigenvalue weighted by atomic mass is 16.5. The molecule has 0 aromatic carbocycles. The zero-order valence-corrected chi connectivity index (χ0v) is 7.00. The molecule has 3 N–H and O–H groups in total. The molecule has 13 heavy (non-hydrogen) atoms. The van der Waals surface area contributed by atoms with Crippen LogP contribution < -0.4 is 16.2 Å². The maximum absolute atomic E-state index is 10.9. The molecule has 0 spiro atoms. The number of carbonyl (C=O) groups excluding carboxylic acids is 2. The molecule has 6 heteroatoms. The Balaban J connectivity index is 2.26. The second kappa shape index (κ2) is 4.46. The van der Waals surface area contributed by atoms with Crippen LogP contribution in [0.5, 0.6) is 0 Å². The number of hydrazine groups is 1. The van der Waals surface area contributed by atoms with Crippen LogP contribution in [0.3, 0.4) is 0 Å². The van der Waals surface area contributed by atoms with Crippen molar-refractivity contribution < 1.29 is 14.3 Å². The van der Waals surface area contributed by atoms with Crippen LogP contribution in [0.4, 0.5) is 4.79 Å². The molecule has 1 unspecified atom stereocenters. The van der Waals surface area contributed by atoms with E-state index in [1.165, 1.54) is 6.08 Å². The molecule has 0 aromatic heterocycles. The monoisotopic (exact) mass is 185 g/mol. The predicted molar refractivity (Wildman–Crippen MR) is 44.6 cm³/mol. The van der Waals surface area contributed by atoms with Gasteiger partial charge in [-0.1, -0.05) is 12.7 Å². The van der Waals surface area contributed by atoms with Crippen molar-refractivity contribution in [3.05, 3.63) is 12.7 Å². The quantitative estimate of drug-likeness (QED) is 0.488. The van der Waals surface area contributed by atoms with E-state index in [1.54, 1.807) is 0 Å². The largest absolute Gasteiger partial charge is 0.445 e. The molecule has 0 aromatic rings. The van der Waals surface area contributed by atoms with Crippen molar-refractivity contribution in [3.8, 4) is 0 Å². The zero-order valence-electron chi connectivity index (χ0n) is 7.00. The second-order valence-corrected chi connectivity index (χ2v) is 2.45. The fraction of sp³-hybridized carbons (Fsp3) is 0.429. The van der Waals surface area contributed by atoms with Crippen molar-refractivity contribution in [2.45, 2.75) is 6.04 Å². The van der Waals surface area contributed by atoms with Crippen molar-refractivity contribution >= 4 is 12.0 Å². The second-order valence-electron chi connectivity index (χ2n) is 2.45. The molecule has 1 fully saturated rings. The van der Waals surface area contributed by atoms with Gasteiger partial charge < -0.3 is 10.1 Å². The van der Waals surface area contributed by atoms with E-state index >= 15 is 0 Å². The molecule has 72 valence electrons. The van der Waals surface area contributed by atoms with Gasteiger partial charge in [0.1, 0.15) is 12.6 Å². The van der Waals surface area contributed by atoms with E-state index in [-0.39, 0.29) is 12.5 Å². The Kier molecular flexibility index (Phi) is 3.27. The Bertz CT molecular complexity index is 229. The first-order chi connectivity index (χ1) is 6.24. The molecule has 1 atom stereocenters. The van der Waals surface area contributed by atoms with Gasteiger partial charge in [0, 0.05) is 6.54 Å². The minimum atomic E-state index is -0.622. The molecule has 1 aliphatic heterocycles. The molecule has 0 bridgehead atoms. The minimum absolute atomic E-state index is 0.133. The van der Waals surface area contributed by atoms with Gasteiger partial charge in [0.15, 0.2) is 0 Å². The predicted octanol–water partition coefficient (Wildman–Crippen LogP) is -1.10. The fourth-order valence-corrected chi connectivity index (χ4v) is 0.855. The van der Waals surface area contributed by atoms with E-state index in [4.69, 9.17) is 0 Å². The lowest BCUT2D eigenvalue weighted by atomic mass is 10.3. The summed E-state index contributed by atoms with van der Waals surface area (Å²) in [6.07, 6.45) is 0.829. The molecule has 0 aliphatic carbocycles. The van der Waals surface area contributed by atoms with Gasteiger partial charge in [-0.25, -0.2) is 10.2 Å². The number of carbonyl (C=O) groups is 2. The Labute approximate surface area is 75.3 Å². The van der Waals surface area contributed by atoms with Gasteiger partial charge in [0.2, 0.25) is 0 Å². The van der Waals surface area contributed by atoms with Gasteiger partial charge in [-0.2, -0.15) is 0 Å². The van der Waals surface area contributed by atoms with Gasteiger partial charge in [0.25, 0.3) is 5.91 Å². The minimum Gasteiger partial charge on any atom is -0.445 e. The normalized spacial score (nSPS) is 20.6. The summed E-state index contributed by atoms with van der Waals surface area (Å²) >= 11 is 0. The van der Waals surface area contributed by atoms with Crippen LogP contribution in [0.2, 0.25) is 0 Å². The van der Waals surface area contributed by atoms with E-state index in [0.717, 1.165) is 0 Å². The molecule has 2 amide bonds. The van der Waals surface area contributed by atoms with Gasteiger partial charge in [0.05, 0.1) is 0 Å². The van der Waals surface area contributed by atoms with Gasteiger partial charge in [-0.15, -0.1) is 0 Å². The van der Waals surface area contributed by atoms with Gasteiger partial charge >= 0.3 is 6.09 Å². The highest BCUT2D eigenvalue weighted by molar-refractivity contribution is 5.87. The first-order valence-electron chi connectivity index (χ1n) is 3.81. The molecular formula is C7H11N3O3. The fourth-order valence-electron chi connectivity index (χ4n) is 0.855. The molecule has 1 aliphatic rings. The van der Waals surface area contributed by atoms with Gasteiger partial charge in [-0.3, -0.25) is 10.2 Å². The first kappa shape index (κ1) is 9.53. The van der Waals surface area contributed by atoms with Crippen molar-refractivity contribution in [1.29, 1.82) is 0 Å². The van der Waals surface area contributed by atoms with Crippen LogP contribution in [0.15, 0.2) is 12.7 Å². The maximum atomic E-state index is 10.9. The number of alkyl carbamates (subject to hydrolysis) is 1. The first-order valence-corrected chi connectivity index (χ1v) is 3.81. The van der Waals surface area contributed by atoms with E-state index in [0.29, 0.717) is 6.54 Å². The van der Waals surface area contributed by atoms with Crippen molar-refractivity contribution in [2.24, 2.45) is 0 Å². The number of amides is 2. The molecular weight excluding hydrogens is 174 g/mol. The maximum Gasteiger partial charge on any atom is 0.408 e. The number of ether oxygens (including phenoxy) is 1.